The second-order valence-corrected chi connectivity index (χ2v) is 4.69. The number of aliphatic hydroxyl groups excluding tert-OH is 1. The smallest absolute Gasteiger partial charge is 0.0736 e. The molecule has 3 heteroatoms. The maximum atomic E-state index is 10.0. The van der Waals surface area contributed by atoms with E-state index in [9.17, 15) is 5.11 Å². The van der Waals surface area contributed by atoms with Gasteiger partial charge in [0, 0.05) is 12.6 Å². The highest BCUT2D eigenvalue weighted by Gasteiger charge is 2.40. The van der Waals surface area contributed by atoms with Crippen LogP contribution in [0.2, 0.25) is 0 Å². The van der Waals surface area contributed by atoms with Crippen molar-refractivity contribution in [1.82, 2.24) is 9.80 Å². The van der Waals surface area contributed by atoms with Crippen LogP contribution in [0.5, 0.6) is 0 Å². The zero-order chi connectivity index (χ0) is 9.42. The van der Waals surface area contributed by atoms with Crippen LogP contribution in [0.15, 0.2) is 0 Å². The van der Waals surface area contributed by atoms with Crippen LogP contribution < -0.4 is 0 Å². The molecule has 3 rings (SSSR count). The van der Waals surface area contributed by atoms with E-state index < -0.39 is 0 Å². The number of fused-ring (bicyclic) bond motifs is 3. The molecule has 2 atom stereocenters. The van der Waals surface area contributed by atoms with Crippen LogP contribution in [0.4, 0.5) is 0 Å². The SMILES string of the molecule is CN(C)CC1C(O)C2CCN1CC2. The predicted octanol–water partition coefficient (Wildman–Crippen LogP) is 0.00310. The maximum absolute atomic E-state index is 10.0. The number of nitrogens with zero attached hydrogens (tertiary/aromatic N) is 2. The Bertz CT molecular complexity index is 174. The molecule has 0 aromatic carbocycles. The molecule has 3 aliphatic heterocycles. The first-order valence-electron chi connectivity index (χ1n) is 5.25. The summed E-state index contributed by atoms with van der Waals surface area (Å²) in [5.41, 5.74) is 0. The summed E-state index contributed by atoms with van der Waals surface area (Å²) in [4.78, 5) is 4.62. The van der Waals surface area contributed by atoms with Gasteiger partial charge in [-0.1, -0.05) is 0 Å². The molecule has 3 aliphatic rings. The van der Waals surface area contributed by atoms with E-state index in [0.717, 1.165) is 6.54 Å². The lowest BCUT2D eigenvalue weighted by Crippen LogP contribution is -2.60. The Kier molecular flexibility index (Phi) is 2.58. The number of rotatable bonds is 2. The summed E-state index contributed by atoms with van der Waals surface area (Å²) in [6, 6.07) is 0.391. The van der Waals surface area contributed by atoms with Gasteiger partial charge in [-0.3, -0.25) is 4.90 Å². The Morgan fingerprint density at radius 3 is 2.38 bits per heavy atom. The Labute approximate surface area is 80.3 Å². The van der Waals surface area contributed by atoms with E-state index in [1.807, 2.05) is 0 Å². The van der Waals surface area contributed by atoms with Crippen LogP contribution in [-0.2, 0) is 0 Å². The molecule has 0 aromatic rings. The molecule has 0 radical (unpaired) electrons. The molecule has 1 N–H and O–H groups in total. The van der Waals surface area contributed by atoms with Gasteiger partial charge in [0.1, 0.15) is 0 Å². The first-order valence-corrected chi connectivity index (χ1v) is 5.25. The first kappa shape index (κ1) is 9.44. The van der Waals surface area contributed by atoms with E-state index in [4.69, 9.17) is 0 Å². The summed E-state index contributed by atoms with van der Waals surface area (Å²) in [6.45, 7) is 3.39. The lowest BCUT2D eigenvalue weighted by molar-refractivity contribution is -0.0782. The standard InChI is InChI=1S/C10H20N2O/c1-11(2)7-9-10(13)8-3-5-12(9)6-4-8/h8-10,13H,3-7H2,1-2H3. The van der Waals surface area contributed by atoms with Gasteiger partial charge < -0.3 is 10.0 Å². The third kappa shape index (κ3) is 1.73. The summed E-state index contributed by atoms with van der Waals surface area (Å²) in [6.07, 6.45) is 2.32. The average molecular weight is 184 g/mol. The van der Waals surface area contributed by atoms with Gasteiger partial charge >= 0.3 is 0 Å². The molecule has 0 spiro atoms. The van der Waals surface area contributed by atoms with E-state index in [2.05, 4.69) is 23.9 Å². The van der Waals surface area contributed by atoms with Crippen molar-refractivity contribution < 1.29 is 5.11 Å². The van der Waals surface area contributed by atoms with Crippen LogP contribution in [0.1, 0.15) is 12.8 Å². The largest absolute Gasteiger partial charge is 0.391 e. The van der Waals surface area contributed by atoms with Gasteiger partial charge in [0.2, 0.25) is 0 Å². The molecule has 0 aliphatic carbocycles. The fourth-order valence-corrected chi connectivity index (χ4v) is 2.72. The molecule has 0 amide bonds. The van der Waals surface area contributed by atoms with Crippen LogP contribution in [0, 0.1) is 5.92 Å². The van der Waals surface area contributed by atoms with Crippen molar-refractivity contribution in [3.05, 3.63) is 0 Å². The maximum Gasteiger partial charge on any atom is 0.0736 e. The van der Waals surface area contributed by atoms with Crippen molar-refractivity contribution in [3.8, 4) is 0 Å². The topological polar surface area (TPSA) is 26.7 Å². The Morgan fingerprint density at radius 1 is 1.31 bits per heavy atom. The summed E-state index contributed by atoms with van der Waals surface area (Å²) in [7, 11) is 4.16. The highest BCUT2D eigenvalue weighted by molar-refractivity contribution is 4.95. The second kappa shape index (κ2) is 3.56. The molecule has 0 aromatic heterocycles. The molecule has 3 fully saturated rings. The van der Waals surface area contributed by atoms with Gasteiger partial charge in [0.25, 0.3) is 0 Å². The third-order valence-corrected chi connectivity index (χ3v) is 3.47. The van der Waals surface area contributed by atoms with Crippen molar-refractivity contribution >= 4 is 0 Å². The number of aliphatic hydroxyl groups is 1. The van der Waals surface area contributed by atoms with Crippen LogP contribution >= 0.6 is 0 Å². The van der Waals surface area contributed by atoms with Gasteiger partial charge in [-0.25, -0.2) is 0 Å². The predicted molar refractivity (Wildman–Crippen MR) is 52.6 cm³/mol. The Hall–Kier alpha value is -0.120. The number of hydrogen-bond donors (Lipinski definition) is 1. The number of likely N-dealkylation sites (N-methyl/N-ethyl adjacent to an activating group) is 1. The summed E-state index contributed by atoms with van der Waals surface area (Å²) < 4.78 is 0. The Morgan fingerprint density at radius 2 is 1.92 bits per heavy atom. The number of piperidine rings is 3. The van der Waals surface area contributed by atoms with Crippen molar-refractivity contribution in [2.24, 2.45) is 5.92 Å². The van der Waals surface area contributed by atoms with Crippen molar-refractivity contribution in [2.75, 3.05) is 33.7 Å². The van der Waals surface area contributed by atoms with E-state index in [-0.39, 0.29) is 6.10 Å². The molecule has 0 saturated carbocycles. The molecule has 2 bridgehead atoms. The van der Waals surface area contributed by atoms with E-state index >= 15 is 0 Å². The minimum Gasteiger partial charge on any atom is -0.391 e. The molecule has 13 heavy (non-hydrogen) atoms. The number of hydrogen-bond acceptors (Lipinski definition) is 3. The molecular weight excluding hydrogens is 164 g/mol. The van der Waals surface area contributed by atoms with Crippen molar-refractivity contribution in [1.29, 1.82) is 0 Å². The quantitative estimate of drug-likeness (QED) is 0.654. The summed E-state index contributed by atoms with van der Waals surface area (Å²) >= 11 is 0. The minimum atomic E-state index is -0.0788. The van der Waals surface area contributed by atoms with Gasteiger partial charge in [-0.15, -0.1) is 0 Å². The molecule has 76 valence electrons. The molecule has 3 saturated heterocycles. The lowest BCUT2D eigenvalue weighted by Gasteiger charge is -2.49. The van der Waals surface area contributed by atoms with Crippen molar-refractivity contribution in [2.45, 2.75) is 25.0 Å². The zero-order valence-corrected chi connectivity index (χ0v) is 8.61. The summed E-state index contributed by atoms with van der Waals surface area (Å²) in [5.74, 6) is 0.579. The molecule has 2 unspecified atom stereocenters. The van der Waals surface area contributed by atoms with Gasteiger partial charge in [-0.05, 0) is 45.9 Å². The molecular formula is C10H20N2O. The van der Waals surface area contributed by atoms with Crippen LogP contribution in [0.3, 0.4) is 0 Å². The molecule has 3 heterocycles. The fraction of sp³-hybridized carbons (Fsp3) is 1.00. The van der Waals surface area contributed by atoms with E-state index in [1.165, 1.54) is 25.9 Å². The van der Waals surface area contributed by atoms with Crippen LogP contribution in [0.25, 0.3) is 0 Å². The van der Waals surface area contributed by atoms with E-state index in [1.54, 1.807) is 0 Å². The summed E-state index contributed by atoms with van der Waals surface area (Å²) in [5, 5.41) is 10.0. The van der Waals surface area contributed by atoms with Crippen molar-refractivity contribution in [3.63, 3.8) is 0 Å². The first-order chi connectivity index (χ1) is 6.18. The van der Waals surface area contributed by atoms with E-state index in [0.29, 0.717) is 12.0 Å². The van der Waals surface area contributed by atoms with Gasteiger partial charge in [-0.2, -0.15) is 0 Å². The molecule has 3 nitrogen and oxygen atoms in total. The fourth-order valence-electron chi connectivity index (χ4n) is 2.72. The highest BCUT2D eigenvalue weighted by atomic mass is 16.3. The van der Waals surface area contributed by atoms with Gasteiger partial charge in [0.15, 0.2) is 0 Å². The monoisotopic (exact) mass is 184 g/mol. The highest BCUT2D eigenvalue weighted by Crippen LogP contribution is 2.32. The minimum absolute atomic E-state index is 0.0788. The Balaban J connectivity index is 2.01. The normalized spacial score (nSPS) is 44.3. The van der Waals surface area contributed by atoms with Gasteiger partial charge in [0.05, 0.1) is 6.10 Å². The zero-order valence-electron chi connectivity index (χ0n) is 8.61. The second-order valence-electron chi connectivity index (χ2n) is 4.69. The lowest BCUT2D eigenvalue weighted by atomic mass is 9.80. The third-order valence-electron chi connectivity index (χ3n) is 3.47. The average Bonchev–Trinajstić information content (AvgIpc) is 2.11. The van der Waals surface area contributed by atoms with Crippen LogP contribution in [-0.4, -0.2) is 60.8 Å².